The Balaban J connectivity index is 1.82. The molecule has 1 amide bonds. The summed E-state index contributed by atoms with van der Waals surface area (Å²) in [6, 6.07) is 9.70. The van der Waals surface area contributed by atoms with Crippen LogP contribution in [0.5, 0.6) is 0 Å². The molecule has 3 rings (SSSR count). The van der Waals surface area contributed by atoms with E-state index in [0.717, 1.165) is 20.2 Å². The maximum atomic E-state index is 12.7. The lowest BCUT2D eigenvalue weighted by Crippen LogP contribution is -2.43. The van der Waals surface area contributed by atoms with E-state index in [0.29, 0.717) is 6.42 Å². The van der Waals surface area contributed by atoms with Gasteiger partial charge in [0.1, 0.15) is 6.04 Å². The van der Waals surface area contributed by atoms with Gasteiger partial charge in [-0.2, -0.15) is 0 Å². The van der Waals surface area contributed by atoms with E-state index in [4.69, 9.17) is 4.74 Å². The quantitative estimate of drug-likeness (QED) is 0.481. The molecule has 7 heteroatoms. The molecule has 3 aromatic heterocycles. The fourth-order valence-corrected chi connectivity index (χ4v) is 5.86. The average molecular weight is 434 g/mol. The van der Waals surface area contributed by atoms with Gasteiger partial charge in [0.2, 0.25) is 5.91 Å². The van der Waals surface area contributed by atoms with Crippen LogP contribution in [0.4, 0.5) is 0 Å². The minimum atomic E-state index is -0.613. The van der Waals surface area contributed by atoms with Gasteiger partial charge in [-0.25, -0.2) is 4.79 Å². The lowest BCUT2D eigenvalue weighted by molar-refractivity contribution is -0.145. The average Bonchev–Trinajstić information content (AvgIpc) is 3.40. The van der Waals surface area contributed by atoms with E-state index < -0.39 is 12.0 Å². The van der Waals surface area contributed by atoms with Crippen molar-refractivity contribution < 1.29 is 14.3 Å². The standard InChI is InChI=1S/C21H23NO3S3/c1-13(2)10-15(21(24)25-3)22-19(23)12-14-11-18(16-6-4-8-26-16)28-20(14)17-7-5-9-27-17/h4-9,11,13,15H,10,12H2,1-3H3,(H,22,23)/t15-/m0/s1. The summed E-state index contributed by atoms with van der Waals surface area (Å²) in [5, 5.41) is 6.96. The number of hydrogen-bond acceptors (Lipinski definition) is 6. The molecule has 0 aliphatic carbocycles. The van der Waals surface area contributed by atoms with Crippen molar-refractivity contribution in [1.29, 1.82) is 0 Å². The van der Waals surface area contributed by atoms with Crippen molar-refractivity contribution in [2.45, 2.75) is 32.7 Å². The van der Waals surface area contributed by atoms with E-state index in [-0.39, 0.29) is 18.2 Å². The summed E-state index contributed by atoms with van der Waals surface area (Å²) in [5.74, 6) is -0.285. The third-order valence-corrected chi connectivity index (χ3v) is 7.49. The third-order valence-electron chi connectivity index (χ3n) is 4.20. The summed E-state index contributed by atoms with van der Waals surface area (Å²) in [4.78, 5) is 29.4. The molecule has 1 N–H and O–H groups in total. The first-order chi connectivity index (χ1) is 13.5. The lowest BCUT2D eigenvalue weighted by atomic mass is 10.0. The van der Waals surface area contributed by atoms with Crippen LogP contribution >= 0.6 is 34.0 Å². The molecule has 0 radical (unpaired) electrons. The van der Waals surface area contributed by atoms with E-state index in [1.807, 2.05) is 31.4 Å². The predicted molar refractivity (Wildman–Crippen MR) is 118 cm³/mol. The van der Waals surface area contributed by atoms with Gasteiger partial charge in [-0.15, -0.1) is 34.0 Å². The van der Waals surface area contributed by atoms with Crippen LogP contribution < -0.4 is 5.32 Å². The topological polar surface area (TPSA) is 55.4 Å². The highest BCUT2D eigenvalue weighted by Gasteiger charge is 2.24. The molecule has 0 unspecified atom stereocenters. The van der Waals surface area contributed by atoms with Crippen molar-refractivity contribution in [2.75, 3.05) is 7.11 Å². The lowest BCUT2D eigenvalue weighted by Gasteiger charge is -2.18. The van der Waals surface area contributed by atoms with E-state index in [2.05, 4.69) is 28.9 Å². The SMILES string of the molecule is COC(=O)[C@H](CC(C)C)NC(=O)Cc1cc(-c2cccs2)sc1-c1cccs1. The van der Waals surface area contributed by atoms with Crippen molar-refractivity contribution >= 4 is 45.9 Å². The zero-order valence-corrected chi connectivity index (χ0v) is 18.5. The monoisotopic (exact) mass is 433 g/mol. The molecule has 0 bridgehead atoms. The highest BCUT2D eigenvalue weighted by Crippen LogP contribution is 2.41. The van der Waals surface area contributed by atoms with E-state index in [9.17, 15) is 9.59 Å². The van der Waals surface area contributed by atoms with Gasteiger partial charge in [-0.1, -0.05) is 26.0 Å². The number of esters is 1. The van der Waals surface area contributed by atoms with Crippen molar-refractivity contribution in [3.05, 3.63) is 46.7 Å². The van der Waals surface area contributed by atoms with Crippen LogP contribution in [0.3, 0.4) is 0 Å². The predicted octanol–water partition coefficient (Wildman–Crippen LogP) is 5.45. The molecule has 0 spiro atoms. The Hall–Kier alpha value is -1.96. The Kier molecular flexibility index (Phi) is 7.04. The highest BCUT2D eigenvalue weighted by atomic mass is 32.1. The zero-order valence-electron chi connectivity index (χ0n) is 16.1. The number of hydrogen-bond donors (Lipinski definition) is 1. The molecular weight excluding hydrogens is 410 g/mol. The van der Waals surface area contributed by atoms with Gasteiger partial charge < -0.3 is 10.1 Å². The molecule has 0 aromatic carbocycles. The summed E-state index contributed by atoms with van der Waals surface area (Å²) < 4.78 is 4.85. The first kappa shape index (κ1) is 20.8. The van der Waals surface area contributed by atoms with Crippen LogP contribution in [-0.4, -0.2) is 25.0 Å². The maximum absolute atomic E-state index is 12.7. The van der Waals surface area contributed by atoms with Crippen molar-refractivity contribution in [1.82, 2.24) is 5.32 Å². The van der Waals surface area contributed by atoms with Crippen LogP contribution in [0.25, 0.3) is 19.5 Å². The molecule has 0 aliphatic heterocycles. The Labute approximate surface area is 177 Å². The largest absolute Gasteiger partial charge is 0.467 e. The molecule has 0 saturated carbocycles. The van der Waals surface area contributed by atoms with Crippen LogP contribution in [-0.2, 0) is 20.7 Å². The molecule has 3 aromatic rings. The van der Waals surface area contributed by atoms with Gasteiger partial charge in [0, 0.05) is 19.5 Å². The third kappa shape index (κ3) is 5.10. The van der Waals surface area contributed by atoms with Crippen LogP contribution in [0.1, 0.15) is 25.8 Å². The Morgan fingerprint density at radius 2 is 1.75 bits per heavy atom. The molecule has 3 heterocycles. The Morgan fingerprint density at radius 1 is 1.07 bits per heavy atom. The van der Waals surface area contributed by atoms with E-state index in [1.165, 1.54) is 12.0 Å². The van der Waals surface area contributed by atoms with E-state index >= 15 is 0 Å². The summed E-state index contributed by atoms with van der Waals surface area (Å²) in [6.45, 7) is 4.03. The highest BCUT2D eigenvalue weighted by molar-refractivity contribution is 7.26. The minimum absolute atomic E-state index is 0.163. The number of carbonyl (C=O) groups is 2. The maximum Gasteiger partial charge on any atom is 0.328 e. The molecule has 4 nitrogen and oxygen atoms in total. The van der Waals surface area contributed by atoms with Gasteiger partial charge in [0.05, 0.1) is 13.5 Å². The van der Waals surface area contributed by atoms with Gasteiger partial charge in [-0.05, 0) is 46.9 Å². The zero-order chi connectivity index (χ0) is 20.1. The minimum Gasteiger partial charge on any atom is -0.467 e. The second-order valence-electron chi connectivity index (χ2n) is 6.87. The Bertz CT molecular complexity index is 911. The smallest absolute Gasteiger partial charge is 0.328 e. The second-order valence-corrected chi connectivity index (χ2v) is 9.82. The molecule has 28 heavy (non-hydrogen) atoms. The fourth-order valence-electron chi connectivity index (χ4n) is 2.96. The summed E-state index contributed by atoms with van der Waals surface area (Å²) >= 11 is 5.06. The van der Waals surface area contributed by atoms with Crippen molar-refractivity contribution in [3.8, 4) is 19.5 Å². The van der Waals surface area contributed by atoms with Gasteiger partial charge >= 0.3 is 5.97 Å². The number of carbonyl (C=O) groups excluding carboxylic acids is 2. The van der Waals surface area contributed by atoms with Crippen molar-refractivity contribution in [2.24, 2.45) is 5.92 Å². The number of methoxy groups -OCH3 is 1. The first-order valence-corrected chi connectivity index (χ1v) is 11.6. The molecule has 0 fully saturated rings. The number of nitrogens with one attached hydrogen (secondary N) is 1. The Morgan fingerprint density at radius 3 is 2.32 bits per heavy atom. The summed E-state index contributed by atoms with van der Waals surface area (Å²) in [6.07, 6.45) is 0.793. The fraction of sp³-hybridized carbons (Fsp3) is 0.333. The summed E-state index contributed by atoms with van der Waals surface area (Å²) in [5.41, 5.74) is 0.988. The molecule has 1 atom stereocenters. The number of ether oxygens (including phenoxy) is 1. The van der Waals surface area contributed by atoms with Gasteiger partial charge in [0.25, 0.3) is 0 Å². The van der Waals surface area contributed by atoms with Crippen LogP contribution in [0.15, 0.2) is 41.1 Å². The molecular formula is C21H23NO3S3. The normalized spacial score (nSPS) is 12.1. The van der Waals surface area contributed by atoms with Crippen LogP contribution in [0, 0.1) is 5.92 Å². The van der Waals surface area contributed by atoms with Gasteiger partial charge in [0.15, 0.2) is 0 Å². The number of thiophene rings is 3. The molecule has 0 aliphatic rings. The van der Waals surface area contributed by atoms with Crippen molar-refractivity contribution in [3.63, 3.8) is 0 Å². The molecule has 148 valence electrons. The van der Waals surface area contributed by atoms with Gasteiger partial charge in [-0.3, -0.25) is 4.79 Å². The summed E-state index contributed by atoms with van der Waals surface area (Å²) in [7, 11) is 1.35. The number of rotatable bonds is 8. The first-order valence-electron chi connectivity index (χ1n) is 9.05. The van der Waals surface area contributed by atoms with Crippen LogP contribution in [0.2, 0.25) is 0 Å². The number of amides is 1. The second kappa shape index (κ2) is 9.49. The van der Waals surface area contributed by atoms with E-state index in [1.54, 1.807) is 34.0 Å². The molecule has 0 saturated heterocycles.